The lowest BCUT2D eigenvalue weighted by Crippen LogP contribution is -1.98. The van der Waals surface area contributed by atoms with Crippen molar-refractivity contribution in [3.63, 3.8) is 0 Å². The zero-order valence-electron chi connectivity index (χ0n) is 10.7. The van der Waals surface area contributed by atoms with Crippen LogP contribution in [0.1, 0.15) is 5.69 Å². The summed E-state index contributed by atoms with van der Waals surface area (Å²) in [6.07, 6.45) is 0. The van der Waals surface area contributed by atoms with Crippen LogP contribution in [0.2, 0.25) is 5.15 Å². The minimum absolute atomic E-state index is 0.368. The van der Waals surface area contributed by atoms with E-state index in [9.17, 15) is 0 Å². The third-order valence-corrected chi connectivity index (χ3v) is 4.07. The largest absolute Gasteiger partial charge is 0.493 e. The number of ether oxygens (including phenoxy) is 2. The van der Waals surface area contributed by atoms with E-state index in [2.05, 4.69) is 25.9 Å². The predicted octanol–water partition coefficient (Wildman–Crippen LogP) is 3.89. The highest BCUT2D eigenvalue weighted by Gasteiger charge is 2.16. The normalized spacial score (nSPS) is 10.4. The topological polar surface area (TPSA) is 44.2 Å². The van der Waals surface area contributed by atoms with Crippen LogP contribution in [-0.2, 0) is 0 Å². The number of hydrogen-bond acceptors (Lipinski definition) is 4. The fourth-order valence-electron chi connectivity index (χ4n) is 1.71. The number of para-hydroxylation sites is 1. The summed E-state index contributed by atoms with van der Waals surface area (Å²) in [6, 6.07) is 5.53. The molecule has 0 saturated heterocycles. The molecular weight excluding hydrogens is 332 g/mol. The third kappa shape index (κ3) is 2.67. The van der Waals surface area contributed by atoms with E-state index >= 15 is 0 Å². The van der Waals surface area contributed by atoms with Gasteiger partial charge in [-0.05, 0) is 35.0 Å². The molecule has 100 valence electrons. The number of hydrogen-bond donors (Lipinski definition) is 0. The Morgan fingerprint density at radius 3 is 2.47 bits per heavy atom. The summed E-state index contributed by atoms with van der Waals surface area (Å²) in [5.74, 6) is 1.71. The number of methoxy groups -OCH3 is 2. The van der Waals surface area contributed by atoms with Crippen LogP contribution in [0, 0.1) is 6.92 Å². The highest BCUT2D eigenvalue weighted by Crippen LogP contribution is 2.37. The Kier molecular flexibility index (Phi) is 4.27. The van der Waals surface area contributed by atoms with Gasteiger partial charge in [-0.15, -0.1) is 0 Å². The fourth-order valence-corrected chi connectivity index (χ4v) is 2.10. The molecule has 1 aromatic carbocycles. The molecule has 0 fully saturated rings. The zero-order chi connectivity index (χ0) is 14.0. The van der Waals surface area contributed by atoms with E-state index < -0.39 is 0 Å². The molecule has 0 aliphatic heterocycles. The van der Waals surface area contributed by atoms with Crippen LogP contribution in [0.3, 0.4) is 0 Å². The van der Waals surface area contributed by atoms with Gasteiger partial charge in [0.25, 0.3) is 0 Å². The molecule has 2 aromatic rings. The molecule has 0 N–H and O–H groups in total. The minimum atomic E-state index is 0.368. The molecule has 4 nitrogen and oxygen atoms in total. The van der Waals surface area contributed by atoms with Gasteiger partial charge in [-0.3, -0.25) is 0 Å². The monoisotopic (exact) mass is 342 g/mol. The predicted molar refractivity (Wildman–Crippen MR) is 78.0 cm³/mol. The quantitative estimate of drug-likeness (QED) is 0.793. The van der Waals surface area contributed by atoms with Gasteiger partial charge in [-0.2, -0.15) is 0 Å². The van der Waals surface area contributed by atoms with E-state index in [-0.39, 0.29) is 0 Å². The van der Waals surface area contributed by atoms with Crippen LogP contribution in [0.15, 0.2) is 22.7 Å². The van der Waals surface area contributed by atoms with Gasteiger partial charge in [0.15, 0.2) is 17.3 Å². The number of benzene rings is 1. The summed E-state index contributed by atoms with van der Waals surface area (Å²) in [4.78, 5) is 8.67. The second-order valence-electron chi connectivity index (χ2n) is 3.78. The van der Waals surface area contributed by atoms with E-state index in [1.165, 1.54) is 0 Å². The van der Waals surface area contributed by atoms with E-state index in [0.29, 0.717) is 26.9 Å². The molecule has 0 aliphatic carbocycles. The van der Waals surface area contributed by atoms with E-state index in [1.54, 1.807) is 14.2 Å². The van der Waals surface area contributed by atoms with Crippen molar-refractivity contribution in [1.29, 1.82) is 0 Å². The van der Waals surface area contributed by atoms with Crippen LogP contribution in [-0.4, -0.2) is 24.2 Å². The molecule has 2 rings (SSSR count). The van der Waals surface area contributed by atoms with Crippen LogP contribution < -0.4 is 9.47 Å². The minimum Gasteiger partial charge on any atom is -0.493 e. The van der Waals surface area contributed by atoms with Gasteiger partial charge < -0.3 is 9.47 Å². The lowest BCUT2D eigenvalue weighted by Gasteiger charge is -2.12. The number of rotatable bonds is 3. The first kappa shape index (κ1) is 14.1. The maximum Gasteiger partial charge on any atom is 0.171 e. The highest BCUT2D eigenvalue weighted by molar-refractivity contribution is 9.10. The summed E-state index contributed by atoms with van der Waals surface area (Å²) in [6.45, 7) is 1.85. The molecule has 6 heteroatoms. The molecular formula is C13H12BrClN2O2. The molecule has 1 heterocycles. The average Bonchev–Trinajstić information content (AvgIpc) is 2.43. The molecule has 0 radical (unpaired) electrons. The molecule has 0 saturated carbocycles. The fraction of sp³-hybridized carbons (Fsp3) is 0.231. The number of aromatic nitrogens is 2. The second-order valence-corrected chi connectivity index (χ2v) is 4.93. The van der Waals surface area contributed by atoms with Crippen molar-refractivity contribution in [3.8, 4) is 22.9 Å². The van der Waals surface area contributed by atoms with Gasteiger partial charge >= 0.3 is 0 Å². The van der Waals surface area contributed by atoms with Crippen molar-refractivity contribution in [2.45, 2.75) is 6.92 Å². The molecule has 0 aliphatic rings. The van der Waals surface area contributed by atoms with Crippen molar-refractivity contribution >= 4 is 27.5 Å². The molecule has 0 bridgehead atoms. The second kappa shape index (κ2) is 5.75. The van der Waals surface area contributed by atoms with Crippen molar-refractivity contribution in [2.75, 3.05) is 14.2 Å². The Labute approximate surface area is 124 Å². The Morgan fingerprint density at radius 2 is 1.89 bits per heavy atom. The number of nitrogens with zero attached hydrogens (tertiary/aromatic N) is 2. The van der Waals surface area contributed by atoms with Gasteiger partial charge in [-0.1, -0.05) is 17.7 Å². The number of halogens is 2. The number of aryl methyl sites for hydroxylation is 1. The van der Waals surface area contributed by atoms with Crippen LogP contribution >= 0.6 is 27.5 Å². The van der Waals surface area contributed by atoms with Crippen LogP contribution in [0.25, 0.3) is 11.4 Å². The Hall–Kier alpha value is -1.33. The van der Waals surface area contributed by atoms with Gasteiger partial charge in [0.2, 0.25) is 0 Å². The van der Waals surface area contributed by atoms with Crippen molar-refractivity contribution in [1.82, 2.24) is 9.97 Å². The summed E-state index contributed by atoms with van der Waals surface area (Å²) >= 11 is 9.40. The van der Waals surface area contributed by atoms with Crippen molar-refractivity contribution < 1.29 is 9.47 Å². The van der Waals surface area contributed by atoms with Crippen LogP contribution in [0.4, 0.5) is 0 Å². The molecule has 0 unspecified atom stereocenters. The van der Waals surface area contributed by atoms with Gasteiger partial charge in [0.1, 0.15) is 5.15 Å². The maximum absolute atomic E-state index is 6.07. The first-order valence-electron chi connectivity index (χ1n) is 5.49. The van der Waals surface area contributed by atoms with E-state index in [0.717, 1.165) is 11.3 Å². The Bertz CT molecular complexity index is 597. The Morgan fingerprint density at radius 1 is 1.16 bits per heavy atom. The molecule has 0 spiro atoms. The SMILES string of the molecule is COc1cccc(-c2nc(C)c(Br)c(Cl)n2)c1OC. The summed E-state index contributed by atoms with van der Waals surface area (Å²) in [5, 5.41) is 0.368. The third-order valence-electron chi connectivity index (χ3n) is 2.62. The molecule has 19 heavy (non-hydrogen) atoms. The summed E-state index contributed by atoms with van der Waals surface area (Å²) in [5.41, 5.74) is 1.50. The molecule has 0 atom stereocenters. The molecule has 0 amide bonds. The lowest BCUT2D eigenvalue weighted by atomic mass is 10.1. The van der Waals surface area contributed by atoms with E-state index in [1.807, 2.05) is 25.1 Å². The molecule has 1 aromatic heterocycles. The first-order chi connectivity index (χ1) is 9.08. The zero-order valence-corrected chi connectivity index (χ0v) is 13.0. The van der Waals surface area contributed by atoms with Crippen LogP contribution in [0.5, 0.6) is 11.5 Å². The van der Waals surface area contributed by atoms with Crippen molar-refractivity contribution in [2.24, 2.45) is 0 Å². The van der Waals surface area contributed by atoms with Gasteiger partial charge in [0, 0.05) is 0 Å². The Balaban J connectivity index is 2.65. The van der Waals surface area contributed by atoms with Crippen molar-refractivity contribution in [3.05, 3.63) is 33.5 Å². The lowest BCUT2D eigenvalue weighted by molar-refractivity contribution is 0.356. The average molecular weight is 344 g/mol. The summed E-state index contributed by atoms with van der Waals surface area (Å²) < 4.78 is 11.3. The summed E-state index contributed by atoms with van der Waals surface area (Å²) in [7, 11) is 3.16. The highest BCUT2D eigenvalue weighted by atomic mass is 79.9. The standard InChI is InChI=1S/C13H12BrClN2O2/c1-7-10(14)12(15)17-13(16-7)8-5-4-6-9(18-2)11(8)19-3/h4-6H,1-3H3. The maximum atomic E-state index is 6.07. The smallest absolute Gasteiger partial charge is 0.171 e. The first-order valence-corrected chi connectivity index (χ1v) is 6.66. The van der Waals surface area contributed by atoms with Gasteiger partial charge in [-0.25, -0.2) is 9.97 Å². The van der Waals surface area contributed by atoms with E-state index in [4.69, 9.17) is 21.1 Å². The van der Waals surface area contributed by atoms with Gasteiger partial charge in [0.05, 0.1) is 29.9 Å².